The lowest BCUT2D eigenvalue weighted by Crippen LogP contribution is -2.46. The van der Waals surface area contributed by atoms with E-state index in [1.807, 2.05) is 6.19 Å². The summed E-state index contributed by atoms with van der Waals surface area (Å²) in [6.07, 6.45) is 4.51. The molecule has 31 heavy (non-hydrogen) atoms. The van der Waals surface area contributed by atoms with Crippen LogP contribution in [0.5, 0.6) is 0 Å². The number of hydrogen-bond acceptors (Lipinski definition) is 5. The van der Waals surface area contributed by atoms with Gasteiger partial charge in [0.25, 0.3) is 0 Å². The number of aliphatic imine (C=N–C) groups is 1. The van der Waals surface area contributed by atoms with Gasteiger partial charge in [0.05, 0.1) is 18.3 Å². The molecule has 0 spiro atoms. The van der Waals surface area contributed by atoms with Crippen LogP contribution in [0, 0.1) is 16.9 Å². The van der Waals surface area contributed by atoms with E-state index in [0.717, 1.165) is 19.4 Å². The van der Waals surface area contributed by atoms with Crippen molar-refractivity contribution in [3.8, 4) is 6.19 Å². The molecule has 0 aromatic heterocycles. The van der Waals surface area contributed by atoms with Crippen LogP contribution >= 0.6 is 11.6 Å². The minimum atomic E-state index is -0.548. The number of guanidine groups is 1. The summed E-state index contributed by atoms with van der Waals surface area (Å²) in [5, 5.41) is 23.9. The van der Waals surface area contributed by atoms with Gasteiger partial charge in [-0.1, -0.05) is 23.7 Å². The van der Waals surface area contributed by atoms with Crippen molar-refractivity contribution in [3.05, 3.63) is 34.9 Å². The van der Waals surface area contributed by atoms with Gasteiger partial charge in [-0.3, -0.25) is 14.9 Å². The summed E-state index contributed by atoms with van der Waals surface area (Å²) in [7, 11) is 0. The van der Waals surface area contributed by atoms with Gasteiger partial charge in [-0.15, -0.1) is 0 Å². The van der Waals surface area contributed by atoms with Crippen molar-refractivity contribution in [3.63, 3.8) is 0 Å². The van der Waals surface area contributed by atoms with E-state index in [4.69, 9.17) is 22.3 Å². The highest BCUT2D eigenvalue weighted by molar-refractivity contribution is 6.30. The number of benzene rings is 1. The molecule has 2 amide bonds. The van der Waals surface area contributed by atoms with Gasteiger partial charge in [0.2, 0.25) is 17.8 Å². The van der Waals surface area contributed by atoms with Gasteiger partial charge in [-0.25, -0.2) is 4.99 Å². The minimum Gasteiger partial charge on any atom is -0.354 e. The van der Waals surface area contributed by atoms with E-state index in [0.29, 0.717) is 43.1 Å². The van der Waals surface area contributed by atoms with Gasteiger partial charge in [-0.05, 0) is 30.5 Å². The van der Waals surface area contributed by atoms with E-state index in [1.165, 1.54) is 0 Å². The number of nitriles is 1. The third kappa shape index (κ3) is 5.95. The first kappa shape index (κ1) is 22.6. The second-order valence-corrected chi connectivity index (χ2v) is 7.90. The number of rotatable bonds is 8. The quantitative estimate of drug-likeness (QED) is 0.242. The lowest BCUT2D eigenvalue weighted by molar-refractivity contribution is -0.128. The average Bonchev–Trinajstić information content (AvgIpc) is 3.36. The molecule has 0 saturated carbocycles. The Hall–Kier alpha value is -3.12. The van der Waals surface area contributed by atoms with Crippen LogP contribution in [0.1, 0.15) is 31.2 Å². The first-order valence-electron chi connectivity index (χ1n) is 10.3. The first-order valence-corrected chi connectivity index (χ1v) is 10.7. The Morgan fingerprint density at radius 2 is 1.90 bits per heavy atom. The Bertz CT molecular complexity index is 894. The van der Waals surface area contributed by atoms with Crippen molar-refractivity contribution in [2.75, 3.05) is 32.7 Å². The number of nitrogens with zero attached hydrogens (tertiary/aromatic N) is 4. The molecule has 0 bridgehead atoms. The van der Waals surface area contributed by atoms with Crippen LogP contribution in [-0.4, -0.2) is 72.1 Å². The van der Waals surface area contributed by atoms with E-state index in [1.54, 1.807) is 34.1 Å². The molecule has 2 saturated heterocycles. The molecular formula is C21H26ClN7O2. The fourth-order valence-electron chi connectivity index (χ4n) is 3.79. The molecule has 1 unspecified atom stereocenters. The summed E-state index contributed by atoms with van der Waals surface area (Å²) in [5.74, 6) is 0.390. The summed E-state index contributed by atoms with van der Waals surface area (Å²) in [4.78, 5) is 32.0. The highest BCUT2D eigenvalue weighted by Crippen LogP contribution is 2.19. The van der Waals surface area contributed by atoms with Crippen LogP contribution in [0.4, 0.5) is 0 Å². The number of halogens is 1. The molecule has 0 radical (unpaired) electrons. The van der Waals surface area contributed by atoms with E-state index in [9.17, 15) is 9.59 Å². The summed E-state index contributed by atoms with van der Waals surface area (Å²) >= 11 is 5.96. The number of nitrogens with one attached hydrogen (secondary N) is 3. The largest absolute Gasteiger partial charge is 0.354 e. The molecule has 0 aliphatic carbocycles. The van der Waals surface area contributed by atoms with Crippen molar-refractivity contribution in [1.82, 2.24) is 20.4 Å². The number of carbonyl (C=O) groups excluding carboxylic acids is 2. The van der Waals surface area contributed by atoms with Crippen LogP contribution in [0.25, 0.3) is 0 Å². The van der Waals surface area contributed by atoms with Crippen molar-refractivity contribution in [2.45, 2.75) is 31.7 Å². The van der Waals surface area contributed by atoms with Crippen LogP contribution in [0.2, 0.25) is 5.02 Å². The van der Waals surface area contributed by atoms with Crippen molar-refractivity contribution in [2.24, 2.45) is 4.99 Å². The summed E-state index contributed by atoms with van der Waals surface area (Å²) in [6.45, 7) is 2.42. The molecular weight excluding hydrogens is 418 g/mol. The van der Waals surface area contributed by atoms with E-state index in [2.05, 4.69) is 15.6 Å². The Kier molecular flexibility index (Phi) is 7.84. The average molecular weight is 444 g/mol. The molecule has 10 heteroatoms. The van der Waals surface area contributed by atoms with Crippen LogP contribution in [0.15, 0.2) is 29.3 Å². The zero-order chi connectivity index (χ0) is 22.2. The maximum Gasteiger partial charge on any atom is 0.223 e. The number of carbonyl (C=O) groups is 2. The van der Waals surface area contributed by atoms with Crippen molar-refractivity contribution >= 4 is 35.1 Å². The van der Waals surface area contributed by atoms with E-state index in [-0.39, 0.29) is 30.0 Å². The van der Waals surface area contributed by atoms with Crippen LogP contribution < -0.4 is 10.6 Å². The number of amides is 2. The molecule has 2 heterocycles. The third-order valence-electron chi connectivity index (χ3n) is 5.42. The maximum atomic E-state index is 12.4. The van der Waals surface area contributed by atoms with E-state index < -0.39 is 6.04 Å². The lowest BCUT2D eigenvalue weighted by Gasteiger charge is -2.27. The van der Waals surface area contributed by atoms with Crippen molar-refractivity contribution in [1.29, 1.82) is 10.7 Å². The molecule has 164 valence electrons. The maximum absolute atomic E-state index is 12.4. The SMILES string of the molecule is N#CNC(=NCC(C(=N)c1ccc(Cl)cc1)N1CCCC1=O)NCCN1CCCC1=O. The van der Waals surface area contributed by atoms with Crippen molar-refractivity contribution < 1.29 is 9.59 Å². The second kappa shape index (κ2) is 10.8. The monoisotopic (exact) mass is 443 g/mol. The van der Waals surface area contributed by atoms with Gasteiger partial charge in [0.1, 0.15) is 0 Å². The van der Waals surface area contributed by atoms with Gasteiger partial charge in [0.15, 0.2) is 6.19 Å². The Morgan fingerprint density at radius 1 is 1.19 bits per heavy atom. The van der Waals surface area contributed by atoms with E-state index >= 15 is 0 Å². The predicted molar refractivity (Wildman–Crippen MR) is 118 cm³/mol. The highest BCUT2D eigenvalue weighted by Gasteiger charge is 2.31. The zero-order valence-electron chi connectivity index (χ0n) is 17.2. The first-order chi connectivity index (χ1) is 15.0. The smallest absolute Gasteiger partial charge is 0.223 e. The minimum absolute atomic E-state index is 0.00536. The zero-order valence-corrected chi connectivity index (χ0v) is 18.0. The summed E-state index contributed by atoms with van der Waals surface area (Å²) in [6, 6.07) is 6.38. The summed E-state index contributed by atoms with van der Waals surface area (Å²) < 4.78 is 0. The Balaban J connectivity index is 1.69. The molecule has 1 aromatic carbocycles. The number of hydrogen-bond donors (Lipinski definition) is 3. The molecule has 2 aliphatic rings. The summed E-state index contributed by atoms with van der Waals surface area (Å²) in [5.41, 5.74) is 0.939. The van der Waals surface area contributed by atoms with Gasteiger partial charge < -0.3 is 20.5 Å². The normalized spacial score (nSPS) is 17.6. The fourth-order valence-corrected chi connectivity index (χ4v) is 3.91. The Labute approximate surface area is 186 Å². The topological polar surface area (TPSA) is 125 Å². The second-order valence-electron chi connectivity index (χ2n) is 7.46. The predicted octanol–water partition coefficient (Wildman–Crippen LogP) is 1.34. The lowest BCUT2D eigenvalue weighted by atomic mass is 10.0. The molecule has 2 fully saturated rings. The van der Waals surface area contributed by atoms with Crippen LogP contribution in [0.3, 0.4) is 0 Å². The molecule has 1 atom stereocenters. The van der Waals surface area contributed by atoms with Crippen LogP contribution in [-0.2, 0) is 9.59 Å². The molecule has 1 aromatic rings. The number of likely N-dealkylation sites (tertiary alicyclic amines) is 2. The Morgan fingerprint density at radius 3 is 2.52 bits per heavy atom. The van der Waals surface area contributed by atoms with Gasteiger partial charge in [0, 0.05) is 44.0 Å². The molecule has 3 rings (SSSR count). The third-order valence-corrected chi connectivity index (χ3v) is 5.67. The van der Waals surface area contributed by atoms with Gasteiger partial charge in [-0.2, -0.15) is 5.26 Å². The molecule has 9 nitrogen and oxygen atoms in total. The highest BCUT2D eigenvalue weighted by atomic mass is 35.5. The fraction of sp³-hybridized carbons (Fsp3) is 0.476. The van der Waals surface area contributed by atoms with Gasteiger partial charge >= 0.3 is 0 Å². The standard InChI is InChI=1S/C21H26ClN7O2/c22-16-7-5-15(6-8-16)20(24)17(29-11-2-4-19(29)31)13-26-21(27-14-23)25-9-12-28-10-1-3-18(28)30/h5-8,17,24H,1-4,9-13H2,(H2,25,26,27). The molecule has 2 aliphatic heterocycles. The molecule has 3 N–H and O–H groups in total.